The standard InChI is InChI=1S/C19H25N7O2.C2H6O/c1-12-2-4-13(5-3-12)10-23-18(28)19(22)6-8-26(9-7-19)17-14(16(21)27)15(20)24-11-25-17;1-2-3/h2-5,11H,6-10,22H2,1H3,(H2,21,27)(H,23,28)(H2,20,24,25);3H,2H2,1H3. The Morgan fingerprint density at radius 3 is 2.32 bits per heavy atom. The number of hydrogen-bond donors (Lipinski definition) is 5. The van der Waals surface area contributed by atoms with Crippen LogP contribution < -0.4 is 27.4 Å². The van der Waals surface area contributed by atoms with Crippen LogP contribution in [-0.4, -0.2) is 52.1 Å². The number of piperidine rings is 1. The van der Waals surface area contributed by atoms with Crippen LogP contribution in [0.25, 0.3) is 0 Å². The summed E-state index contributed by atoms with van der Waals surface area (Å²) in [6.45, 7) is 5.27. The summed E-state index contributed by atoms with van der Waals surface area (Å²) in [7, 11) is 0. The van der Waals surface area contributed by atoms with Crippen molar-refractivity contribution in [3.8, 4) is 0 Å². The van der Waals surface area contributed by atoms with Crippen molar-refractivity contribution in [3.63, 3.8) is 0 Å². The first-order chi connectivity index (χ1) is 14.7. The lowest BCUT2D eigenvalue weighted by Gasteiger charge is -2.39. The molecule has 0 saturated carbocycles. The number of aliphatic hydroxyl groups excluding tert-OH is 1. The Balaban J connectivity index is 0.00000107. The fraction of sp³-hybridized carbons (Fsp3) is 0.429. The van der Waals surface area contributed by atoms with Gasteiger partial charge in [0.1, 0.15) is 23.5 Å². The zero-order valence-electron chi connectivity index (χ0n) is 18.0. The molecule has 10 heteroatoms. The summed E-state index contributed by atoms with van der Waals surface area (Å²) in [4.78, 5) is 34.2. The van der Waals surface area contributed by atoms with E-state index >= 15 is 0 Å². The fourth-order valence-corrected chi connectivity index (χ4v) is 3.27. The zero-order valence-corrected chi connectivity index (χ0v) is 18.0. The first-order valence-electron chi connectivity index (χ1n) is 10.1. The van der Waals surface area contributed by atoms with Crippen LogP contribution in [0.4, 0.5) is 11.6 Å². The van der Waals surface area contributed by atoms with Gasteiger partial charge in [-0.2, -0.15) is 0 Å². The number of primary amides is 1. The van der Waals surface area contributed by atoms with Crippen LogP contribution in [0.3, 0.4) is 0 Å². The predicted octanol–water partition coefficient (Wildman–Crippen LogP) is 0.0788. The maximum atomic E-state index is 12.7. The number of carbonyl (C=O) groups excluding carboxylic acids is 2. The topological polar surface area (TPSA) is 173 Å². The molecule has 1 aliphatic rings. The Kier molecular flexibility index (Phi) is 8.29. The molecule has 2 amide bonds. The summed E-state index contributed by atoms with van der Waals surface area (Å²) in [5.74, 6) is -0.460. The van der Waals surface area contributed by atoms with Gasteiger partial charge in [0.05, 0.1) is 5.54 Å². The number of benzene rings is 1. The van der Waals surface area contributed by atoms with Crippen molar-refractivity contribution in [1.82, 2.24) is 15.3 Å². The number of aliphatic hydroxyl groups is 1. The number of nitrogens with two attached hydrogens (primary N) is 3. The number of carbonyl (C=O) groups is 2. The highest BCUT2D eigenvalue weighted by Crippen LogP contribution is 2.27. The molecule has 1 fully saturated rings. The average Bonchev–Trinajstić information content (AvgIpc) is 2.74. The van der Waals surface area contributed by atoms with Gasteiger partial charge in [-0.25, -0.2) is 9.97 Å². The minimum Gasteiger partial charge on any atom is -0.397 e. The van der Waals surface area contributed by atoms with Crippen molar-refractivity contribution < 1.29 is 14.7 Å². The summed E-state index contributed by atoms with van der Waals surface area (Å²) >= 11 is 0. The number of rotatable bonds is 5. The van der Waals surface area contributed by atoms with E-state index in [9.17, 15) is 9.59 Å². The van der Waals surface area contributed by atoms with Crippen LogP contribution in [0.2, 0.25) is 0 Å². The van der Waals surface area contributed by atoms with E-state index in [1.165, 1.54) is 11.9 Å². The number of nitrogen functional groups attached to an aromatic ring is 1. The molecule has 1 aromatic carbocycles. The third kappa shape index (κ3) is 6.12. The normalized spacial score (nSPS) is 14.9. The van der Waals surface area contributed by atoms with Crippen molar-refractivity contribution in [2.45, 2.75) is 38.8 Å². The summed E-state index contributed by atoms with van der Waals surface area (Å²) < 4.78 is 0. The van der Waals surface area contributed by atoms with Crippen molar-refractivity contribution in [2.24, 2.45) is 11.5 Å². The van der Waals surface area contributed by atoms with Crippen molar-refractivity contribution in [1.29, 1.82) is 0 Å². The molecule has 8 N–H and O–H groups in total. The van der Waals surface area contributed by atoms with Gasteiger partial charge in [0.25, 0.3) is 5.91 Å². The SMILES string of the molecule is CCO.Cc1ccc(CNC(=O)C2(N)CCN(c3ncnc(N)c3C(N)=O)CC2)cc1. The molecule has 2 heterocycles. The van der Waals surface area contributed by atoms with Gasteiger partial charge in [-0.05, 0) is 32.3 Å². The maximum Gasteiger partial charge on any atom is 0.256 e. The van der Waals surface area contributed by atoms with E-state index in [0.717, 1.165) is 5.56 Å². The third-order valence-corrected chi connectivity index (χ3v) is 5.08. The highest BCUT2D eigenvalue weighted by atomic mass is 16.2. The van der Waals surface area contributed by atoms with Crippen molar-refractivity contribution in [2.75, 3.05) is 30.3 Å². The Morgan fingerprint density at radius 1 is 1.19 bits per heavy atom. The molecule has 0 radical (unpaired) electrons. The third-order valence-electron chi connectivity index (χ3n) is 5.08. The largest absolute Gasteiger partial charge is 0.397 e. The van der Waals surface area contributed by atoms with Gasteiger partial charge in [0, 0.05) is 26.2 Å². The van der Waals surface area contributed by atoms with Crippen LogP contribution in [0.1, 0.15) is 41.3 Å². The minimum absolute atomic E-state index is 0.0397. The Hall–Kier alpha value is -3.24. The number of aromatic nitrogens is 2. The molecule has 0 unspecified atom stereocenters. The average molecular weight is 430 g/mol. The molecular weight excluding hydrogens is 398 g/mol. The number of anilines is 2. The second-order valence-electron chi connectivity index (χ2n) is 7.45. The molecule has 1 saturated heterocycles. The van der Waals surface area contributed by atoms with Gasteiger partial charge in [-0.15, -0.1) is 0 Å². The summed E-state index contributed by atoms with van der Waals surface area (Å²) in [6, 6.07) is 7.96. The predicted molar refractivity (Wildman–Crippen MR) is 119 cm³/mol. The molecule has 168 valence electrons. The lowest BCUT2D eigenvalue weighted by Crippen LogP contribution is -2.59. The molecular formula is C21H31N7O3. The molecule has 0 bridgehead atoms. The van der Waals surface area contributed by atoms with E-state index in [1.807, 2.05) is 36.1 Å². The van der Waals surface area contributed by atoms with E-state index < -0.39 is 11.4 Å². The first kappa shape index (κ1) is 24.0. The Labute approximate surface area is 181 Å². The van der Waals surface area contributed by atoms with Gasteiger partial charge in [-0.1, -0.05) is 29.8 Å². The van der Waals surface area contributed by atoms with E-state index in [0.29, 0.717) is 38.3 Å². The van der Waals surface area contributed by atoms with Crippen LogP contribution in [0.15, 0.2) is 30.6 Å². The molecule has 2 aromatic rings. The summed E-state index contributed by atoms with van der Waals surface area (Å²) in [6.07, 6.45) is 2.11. The highest BCUT2D eigenvalue weighted by Gasteiger charge is 2.38. The van der Waals surface area contributed by atoms with Crippen molar-refractivity contribution in [3.05, 3.63) is 47.3 Å². The summed E-state index contributed by atoms with van der Waals surface area (Å²) in [5, 5.41) is 10.5. The van der Waals surface area contributed by atoms with E-state index in [1.54, 1.807) is 6.92 Å². The number of hydrogen-bond acceptors (Lipinski definition) is 8. The maximum absolute atomic E-state index is 12.7. The second-order valence-corrected chi connectivity index (χ2v) is 7.45. The highest BCUT2D eigenvalue weighted by molar-refractivity contribution is 6.02. The lowest BCUT2D eigenvalue weighted by atomic mass is 9.87. The van der Waals surface area contributed by atoms with Crippen molar-refractivity contribution >= 4 is 23.5 Å². The van der Waals surface area contributed by atoms with Crippen LogP contribution >= 0.6 is 0 Å². The van der Waals surface area contributed by atoms with E-state index in [-0.39, 0.29) is 23.9 Å². The molecule has 1 aliphatic heterocycles. The van der Waals surface area contributed by atoms with Gasteiger partial charge in [-0.3, -0.25) is 9.59 Å². The van der Waals surface area contributed by atoms with Gasteiger partial charge in [0.2, 0.25) is 5.91 Å². The zero-order chi connectivity index (χ0) is 23.0. The molecule has 0 atom stereocenters. The molecule has 10 nitrogen and oxygen atoms in total. The Bertz CT molecular complexity index is 894. The van der Waals surface area contributed by atoms with E-state index in [4.69, 9.17) is 22.3 Å². The number of aryl methyl sites for hydroxylation is 1. The second kappa shape index (κ2) is 10.7. The van der Waals surface area contributed by atoms with Gasteiger partial charge < -0.3 is 32.5 Å². The minimum atomic E-state index is -0.980. The number of nitrogens with one attached hydrogen (secondary N) is 1. The smallest absolute Gasteiger partial charge is 0.256 e. The van der Waals surface area contributed by atoms with Crippen LogP contribution in [0, 0.1) is 6.92 Å². The van der Waals surface area contributed by atoms with E-state index in [2.05, 4.69) is 15.3 Å². The quantitative estimate of drug-likeness (QED) is 0.444. The fourth-order valence-electron chi connectivity index (χ4n) is 3.27. The number of nitrogens with zero attached hydrogens (tertiary/aromatic N) is 3. The molecule has 3 rings (SSSR count). The monoisotopic (exact) mass is 429 g/mol. The van der Waals surface area contributed by atoms with Crippen LogP contribution in [-0.2, 0) is 11.3 Å². The van der Waals surface area contributed by atoms with Gasteiger partial charge >= 0.3 is 0 Å². The molecule has 31 heavy (non-hydrogen) atoms. The van der Waals surface area contributed by atoms with Crippen LogP contribution in [0.5, 0.6) is 0 Å². The molecule has 0 spiro atoms. The first-order valence-corrected chi connectivity index (χ1v) is 10.1. The Morgan fingerprint density at radius 2 is 1.77 bits per heavy atom. The number of amides is 2. The molecule has 0 aliphatic carbocycles. The molecule has 1 aromatic heterocycles. The summed E-state index contributed by atoms with van der Waals surface area (Å²) in [5.41, 5.74) is 18.8. The lowest BCUT2D eigenvalue weighted by molar-refractivity contribution is -0.127. The van der Waals surface area contributed by atoms with Gasteiger partial charge in [0.15, 0.2) is 0 Å².